The summed E-state index contributed by atoms with van der Waals surface area (Å²) < 4.78 is 67.8. The van der Waals surface area contributed by atoms with Crippen molar-refractivity contribution >= 4 is 114 Å². The van der Waals surface area contributed by atoms with Crippen molar-refractivity contribution in [2.75, 3.05) is 13.3 Å². The molecule has 66 heavy (non-hydrogen) atoms. The maximum Gasteiger partial charge on any atom is 0.135 e. The van der Waals surface area contributed by atoms with E-state index < -0.39 is 16.1 Å². The van der Waals surface area contributed by atoms with Gasteiger partial charge < -0.3 is 0 Å². The maximum atomic E-state index is 17.7. The normalized spacial score (nSPS) is 19.2. The van der Waals surface area contributed by atoms with Crippen LogP contribution in [0.5, 0.6) is 0 Å². The summed E-state index contributed by atoms with van der Waals surface area (Å²) in [6, 6.07) is 13.0. The average Bonchev–Trinajstić information content (AvgIpc) is 4.17. The molecular weight excluding hydrogens is 1070 g/mol. The molecule has 5 aromatic rings. The van der Waals surface area contributed by atoms with Gasteiger partial charge in [0.25, 0.3) is 0 Å². The third-order valence-electron chi connectivity index (χ3n) is 15.7. The number of fused-ring (bicyclic) bond motifs is 6. The van der Waals surface area contributed by atoms with E-state index in [-0.39, 0.29) is 36.8 Å². The van der Waals surface area contributed by atoms with Gasteiger partial charge in [-0.3, -0.25) is 8.78 Å². The second-order valence-corrected chi connectivity index (χ2v) is 35.1. The van der Waals surface area contributed by atoms with Crippen LogP contribution in [-0.2, 0) is 0 Å². The minimum Gasteiger partial charge on any atom is -0.251 e. The van der Waals surface area contributed by atoms with E-state index >= 15 is 17.6 Å². The predicted molar refractivity (Wildman–Crippen MR) is 298 cm³/mol. The quantitative estimate of drug-likeness (QED) is 0.0382. The first kappa shape index (κ1) is 52.9. The number of hydrogen-bond donors (Lipinski definition) is 0. The summed E-state index contributed by atoms with van der Waals surface area (Å²) in [4.78, 5) is 6.50. The summed E-state index contributed by atoms with van der Waals surface area (Å²) in [5.74, 6) is 0.351. The topological polar surface area (TPSA) is 0 Å². The number of thiophene rings is 4. The minimum absolute atomic E-state index is 0.0115. The SMILES string of the molecule is CCCCC(CC)C[Si]1(CC(CF)CCCC)c2cc(Br)sc2-c2sc(-c3c(C)c(F)c(-c4cc5c(s4)-c4sc(Br)cc4[Si]5(CC(CC)CCCC)CC(CF)CCCC)c(C)c3F)cc21. The minimum atomic E-state index is -2.53. The van der Waals surface area contributed by atoms with Crippen LogP contribution in [0.4, 0.5) is 17.6 Å². The molecule has 0 bridgehead atoms. The number of unbranched alkanes of at least 4 members (excludes halogenated alkanes) is 4. The largest absolute Gasteiger partial charge is 0.251 e. The Morgan fingerprint density at radius 3 is 1.09 bits per heavy atom. The fourth-order valence-corrected chi connectivity index (χ4v) is 34.0. The van der Waals surface area contributed by atoms with Gasteiger partial charge in [0.05, 0.1) is 20.9 Å². The molecule has 4 aromatic heterocycles. The lowest BCUT2D eigenvalue weighted by Gasteiger charge is -2.35. The molecule has 0 fully saturated rings. The van der Waals surface area contributed by atoms with Gasteiger partial charge >= 0.3 is 0 Å². The molecule has 0 spiro atoms. The highest BCUT2D eigenvalue weighted by molar-refractivity contribution is 9.11. The summed E-state index contributed by atoms with van der Waals surface area (Å²) in [6.45, 7) is 16.4. The first-order chi connectivity index (χ1) is 31.8. The lowest BCUT2D eigenvalue weighted by molar-refractivity contribution is 0.355. The molecule has 362 valence electrons. The van der Waals surface area contributed by atoms with Gasteiger partial charge in [0.1, 0.15) is 27.8 Å². The Hall–Kier alpha value is -0.866. The van der Waals surface area contributed by atoms with Crippen LogP contribution in [0, 0.1) is 49.2 Å². The molecule has 6 heterocycles. The van der Waals surface area contributed by atoms with Gasteiger partial charge in [-0.25, -0.2) is 8.78 Å². The van der Waals surface area contributed by atoms with Gasteiger partial charge in [-0.15, -0.1) is 45.3 Å². The van der Waals surface area contributed by atoms with Crippen molar-refractivity contribution in [3.05, 3.63) is 54.6 Å². The molecule has 0 radical (unpaired) electrons. The van der Waals surface area contributed by atoms with Crippen LogP contribution >= 0.6 is 77.2 Å². The molecule has 2 aliphatic heterocycles. The number of benzene rings is 1. The van der Waals surface area contributed by atoms with Crippen molar-refractivity contribution in [3.63, 3.8) is 0 Å². The standard InChI is InChI=1S/C54H72Br2F4S4Si2/c1-9-15-19-35(13-5)29-65(31-37(27-57)21-17-11-3)41-23-39(61-51(41)53-43(65)25-45(55)63-53)47-33(7)50(60)48(34(8)49(47)59)40-24-42-52(62-40)54-44(26-46(56)64-54)66(42,30-36(14-6)20-16-10-2)32-38(28-58)22-18-12-4/h23-26,35-38H,9-22,27-32H2,1-8H3. The summed E-state index contributed by atoms with van der Waals surface area (Å²) >= 11 is 14.5. The van der Waals surface area contributed by atoms with Gasteiger partial charge in [0.15, 0.2) is 0 Å². The molecule has 0 saturated heterocycles. The van der Waals surface area contributed by atoms with Crippen LogP contribution in [-0.4, -0.2) is 29.5 Å². The smallest absolute Gasteiger partial charge is 0.135 e. The molecule has 1 aromatic carbocycles. The molecule has 2 aliphatic rings. The van der Waals surface area contributed by atoms with E-state index in [9.17, 15) is 0 Å². The van der Waals surface area contributed by atoms with E-state index in [1.807, 2.05) is 0 Å². The van der Waals surface area contributed by atoms with E-state index in [1.54, 1.807) is 59.2 Å². The highest BCUT2D eigenvalue weighted by Crippen LogP contribution is 2.52. The van der Waals surface area contributed by atoms with E-state index in [0.29, 0.717) is 34.1 Å². The Morgan fingerprint density at radius 1 is 0.470 bits per heavy atom. The van der Waals surface area contributed by atoms with Crippen molar-refractivity contribution in [2.45, 2.75) is 169 Å². The van der Waals surface area contributed by atoms with Crippen molar-refractivity contribution in [1.82, 2.24) is 0 Å². The molecule has 12 heteroatoms. The van der Waals surface area contributed by atoms with Crippen molar-refractivity contribution in [3.8, 4) is 40.4 Å². The molecular formula is C54H72Br2F4S4Si2. The summed E-state index contributed by atoms with van der Waals surface area (Å²) in [7, 11) is -5.06. The maximum absolute atomic E-state index is 17.7. The lowest BCUT2D eigenvalue weighted by Crippen LogP contribution is -2.57. The first-order valence-electron chi connectivity index (χ1n) is 25.3. The predicted octanol–water partition coefficient (Wildman–Crippen LogP) is 18.8. The summed E-state index contributed by atoms with van der Waals surface area (Å²) in [5, 5.41) is 5.51. The lowest BCUT2D eigenvalue weighted by atomic mass is 9.96. The second kappa shape index (κ2) is 23.1. The highest BCUT2D eigenvalue weighted by Gasteiger charge is 2.52. The van der Waals surface area contributed by atoms with Gasteiger partial charge in [-0.1, -0.05) is 119 Å². The van der Waals surface area contributed by atoms with E-state index in [0.717, 1.165) is 119 Å². The Bertz CT molecular complexity index is 2200. The number of alkyl halides is 2. The third kappa shape index (κ3) is 10.1. The zero-order valence-corrected chi connectivity index (χ0v) is 49.1. The Kier molecular flexibility index (Phi) is 18.6. The first-order valence-corrected chi connectivity index (χ1v) is 35.0. The van der Waals surface area contributed by atoms with Gasteiger partial charge in [0.2, 0.25) is 0 Å². The molecule has 0 N–H and O–H groups in total. The Morgan fingerprint density at radius 2 is 0.773 bits per heavy atom. The molecule has 0 aliphatic carbocycles. The molecule has 6 atom stereocenters. The van der Waals surface area contributed by atoms with Crippen LogP contribution in [0.15, 0.2) is 31.8 Å². The number of hydrogen-bond acceptors (Lipinski definition) is 4. The summed E-state index contributed by atoms with van der Waals surface area (Å²) in [6.07, 6.45) is 15.1. The fraction of sp³-hybridized carbons (Fsp3) is 0.593. The molecule has 0 saturated carbocycles. The van der Waals surface area contributed by atoms with Crippen LogP contribution in [0.3, 0.4) is 0 Å². The number of rotatable bonds is 26. The van der Waals surface area contributed by atoms with E-state index in [2.05, 4.69) is 97.7 Å². The van der Waals surface area contributed by atoms with Crippen LogP contribution in [0.2, 0.25) is 24.2 Å². The van der Waals surface area contributed by atoms with E-state index in [4.69, 9.17) is 0 Å². The molecule has 6 unspecified atom stereocenters. The zero-order chi connectivity index (χ0) is 47.5. The van der Waals surface area contributed by atoms with Crippen molar-refractivity contribution in [1.29, 1.82) is 0 Å². The van der Waals surface area contributed by atoms with Gasteiger partial charge in [0, 0.05) is 40.4 Å². The van der Waals surface area contributed by atoms with Crippen LogP contribution in [0.25, 0.3) is 40.4 Å². The highest BCUT2D eigenvalue weighted by atomic mass is 79.9. The number of halogens is 6. The van der Waals surface area contributed by atoms with Crippen molar-refractivity contribution in [2.24, 2.45) is 23.7 Å². The van der Waals surface area contributed by atoms with Gasteiger partial charge in [-0.05, 0) is 163 Å². The molecule has 0 nitrogen and oxygen atoms in total. The van der Waals surface area contributed by atoms with Gasteiger partial charge in [-0.2, -0.15) is 0 Å². The average molecular weight is 1140 g/mol. The third-order valence-corrected chi connectivity index (χ3v) is 33.1. The zero-order valence-electron chi connectivity index (χ0n) is 40.7. The Balaban J connectivity index is 1.37. The Labute approximate surface area is 429 Å². The fourth-order valence-electron chi connectivity index (χ4n) is 12.0. The van der Waals surface area contributed by atoms with Crippen LogP contribution in [0.1, 0.15) is 143 Å². The van der Waals surface area contributed by atoms with E-state index in [1.165, 1.54) is 53.1 Å². The van der Waals surface area contributed by atoms with Crippen molar-refractivity contribution < 1.29 is 17.6 Å². The molecule has 7 rings (SSSR count). The van der Waals surface area contributed by atoms with Crippen LogP contribution < -0.4 is 20.7 Å². The summed E-state index contributed by atoms with van der Waals surface area (Å²) in [5.41, 5.74) is 1.46. The second-order valence-electron chi connectivity index (χ2n) is 20.1. The molecule has 0 amide bonds. The monoisotopic (exact) mass is 1140 g/mol.